The minimum Gasteiger partial charge on any atom is -0.376 e. The Bertz CT molecular complexity index is 242. The first-order valence-electron chi connectivity index (χ1n) is 7.37. The maximum Gasteiger partial charge on any atom is 0.0936 e. The average Bonchev–Trinajstić information content (AvgIpc) is 2.41. The Morgan fingerprint density at radius 3 is 2.89 bits per heavy atom. The van der Waals surface area contributed by atoms with E-state index in [0.29, 0.717) is 12.1 Å². The summed E-state index contributed by atoms with van der Waals surface area (Å²) in [6, 6.07) is 1.21. The third-order valence-electron chi connectivity index (χ3n) is 4.38. The SMILES string of the molecule is CCC(C)C1CN(CC2COCCO2)C(C)CN1. The first kappa shape index (κ1) is 14.3. The number of piperazine rings is 1. The molecule has 106 valence electrons. The molecule has 1 N–H and O–H groups in total. The van der Waals surface area contributed by atoms with Gasteiger partial charge in [0.1, 0.15) is 0 Å². The molecule has 2 saturated heterocycles. The highest BCUT2D eigenvalue weighted by Gasteiger charge is 2.29. The number of nitrogens with one attached hydrogen (secondary N) is 1. The van der Waals surface area contributed by atoms with Crippen molar-refractivity contribution in [2.24, 2.45) is 5.92 Å². The summed E-state index contributed by atoms with van der Waals surface area (Å²) in [5.41, 5.74) is 0. The number of ether oxygens (including phenoxy) is 2. The molecule has 2 aliphatic rings. The lowest BCUT2D eigenvalue weighted by Crippen LogP contribution is -2.59. The van der Waals surface area contributed by atoms with Crippen molar-refractivity contribution in [3.8, 4) is 0 Å². The molecule has 2 rings (SSSR count). The molecule has 4 nitrogen and oxygen atoms in total. The maximum absolute atomic E-state index is 5.76. The molecule has 0 saturated carbocycles. The van der Waals surface area contributed by atoms with Crippen molar-refractivity contribution >= 4 is 0 Å². The first-order chi connectivity index (χ1) is 8.70. The summed E-state index contributed by atoms with van der Waals surface area (Å²) < 4.78 is 11.3. The molecule has 18 heavy (non-hydrogen) atoms. The quantitative estimate of drug-likeness (QED) is 0.817. The highest BCUT2D eigenvalue weighted by molar-refractivity contribution is 4.87. The van der Waals surface area contributed by atoms with Crippen LogP contribution in [0.4, 0.5) is 0 Å². The van der Waals surface area contributed by atoms with Gasteiger partial charge in [0, 0.05) is 31.7 Å². The molecule has 0 radical (unpaired) electrons. The van der Waals surface area contributed by atoms with Crippen molar-refractivity contribution in [3.05, 3.63) is 0 Å². The minimum atomic E-state index is 0.261. The molecule has 2 aliphatic heterocycles. The van der Waals surface area contributed by atoms with Gasteiger partial charge in [-0.1, -0.05) is 20.3 Å². The van der Waals surface area contributed by atoms with E-state index in [4.69, 9.17) is 9.47 Å². The van der Waals surface area contributed by atoms with E-state index in [9.17, 15) is 0 Å². The van der Waals surface area contributed by atoms with Gasteiger partial charge in [-0.15, -0.1) is 0 Å². The molecule has 0 bridgehead atoms. The molecule has 4 heteroatoms. The fraction of sp³-hybridized carbons (Fsp3) is 1.00. The topological polar surface area (TPSA) is 33.7 Å². The van der Waals surface area contributed by atoms with Gasteiger partial charge in [0.25, 0.3) is 0 Å². The van der Waals surface area contributed by atoms with Crippen LogP contribution in [-0.4, -0.2) is 62.5 Å². The van der Waals surface area contributed by atoms with Gasteiger partial charge in [-0.05, 0) is 12.8 Å². The third kappa shape index (κ3) is 3.67. The van der Waals surface area contributed by atoms with Gasteiger partial charge in [0.05, 0.1) is 25.9 Å². The minimum absolute atomic E-state index is 0.261. The molecule has 2 heterocycles. The zero-order chi connectivity index (χ0) is 13.0. The molecule has 0 amide bonds. The van der Waals surface area contributed by atoms with Gasteiger partial charge < -0.3 is 14.8 Å². The lowest BCUT2D eigenvalue weighted by atomic mass is 9.95. The zero-order valence-corrected chi connectivity index (χ0v) is 12.0. The zero-order valence-electron chi connectivity index (χ0n) is 12.0. The van der Waals surface area contributed by atoms with Crippen molar-refractivity contribution in [1.82, 2.24) is 10.2 Å². The van der Waals surface area contributed by atoms with E-state index in [1.807, 2.05) is 0 Å². The summed E-state index contributed by atoms with van der Waals surface area (Å²) >= 11 is 0. The van der Waals surface area contributed by atoms with Crippen molar-refractivity contribution in [3.63, 3.8) is 0 Å². The Kier molecular flexibility index (Phi) is 5.42. The molecule has 0 aliphatic carbocycles. The highest BCUT2D eigenvalue weighted by Crippen LogP contribution is 2.16. The van der Waals surface area contributed by atoms with E-state index >= 15 is 0 Å². The van der Waals surface area contributed by atoms with Crippen molar-refractivity contribution in [2.45, 2.75) is 45.4 Å². The van der Waals surface area contributed by atoms with E-state index < -0.39 is 0 Å². The van der Waals surface area contributed by atoms with Crippen LogP contribution in [0.15, 0.2) is 0 Å². The van der Waals surface area contributed by atoms with E-state index in [1.165, 1.54) is 6.42 Å². The number of nitrogens with zero attached hydrogens (tertiary/aromatic N) is 1. The second-order valence-corrected chi connectivity index (χ2v) is 5.77. The summed E-state index contributed by atoms with van der Waals surface area (Å²) in [5, 5.41) is 3.67. The summed E-state index contributed by atoms with van der Waals surface area (Å²) in [4.78, 5) is 2.56. The van der Waals surface area contributed by atoms with Gasteiger partial charge in [0.15, 0.2) is 0 Å². The third-order valence-corrected chi connectivity index (χ3v) is 4.38. The molecule has 0 aromatic heterocycles. The monoisotopic (exact) mass is 256 g/mol. The first-order valence-corrected chi connectivity index (χ1v) is 7.37. The van der Waals surface area contributed by atoms with Gasteiger partial charge >= 0.3 is 0 Å². The van der Waals surface area contributed by atoms with Crippen molar-refractivity contribution < 1.29 is 9.47 Å². The van der Waals surface area contributed by atoms with Crippen LogP contribution in [0.25, 0.3) is 0 Å². The predicted molar refractivity (Wildman–Crippen MR) is 72.8 cm³/mol. The van der Waals surface area contributed by atoms with Gasteiger partial charge in [0.2, 0.25) is 0 Å². The Morgan fingerprint density at radius 1 is 1.39 bits per heavy atom. The van der Waals surface area contributed by atoms with Gasteiger partial charge in [-0.2, -0.15) is 0 Å². The maximum atomic E-state index is 5.76. The van der Waals surface area contributed by atoms with Crippen molar-refractivity contribution in [1.29, 1.82) is 0 Å². The molecular weight excluding hydrogens is 228 g/mol. The lowest BCUT2D eigenvalue weighted by molar-refractivity contribution is -0.103. The second kappa shape index (κ2) is 6.85. The van der Waals surface area contributed by atoms with Crippen LogP contribution in [-0.2, 0) is 9.47 Å². The Morgan fingerprint density at radius 2 is 2.22 bits per heavy atom. The molecule has 2 fully saturated rings. The fourth-order valence-corrected chi connectivity index (χ4v) is 2.77. The van der Waals surface area contributed by atoms with Crippen molar-refractivity contribution in [2.75, 3.05) is 39.5 Å². The second-order valence-electron chi connectivity index (χ2n) is 5.77. The molecule has 0 aromatic rings. The van der Waals surface area contributed by atoms with Gasteiger partial charge in [-0.25, -0.2) is 0 Å². The summed E-state index contributed by atoms with van der Waals surface area (Å²) in [6.45, 7) is 12.4. The van der Waals surface area contributed by atoms with Crippen LogP contribution >= 0.6 is 0 Å². The summed E-state index contributed by atoms with van der Waals surface area (Å²) in [6.07, 6.45) is 1.50. The van der Waals surface area contributed by atoms with Crippen LogP contribution in [0.3, 0.4) is 0 Å². The number of hydrogen-bond donors (Lipinski definition) is 1. The van der Waals surface area contributed by atoms with Crippen LogP contribution < -0.4 is 5.32 Å². The Labute approximate surface area is 111 Å². The fourth-order valence-electron chi connectivity index (χ4n) is 2.77. The normalized spacial score (nSPS) is 36.5. The van der Waals surface area contributed by atoms with E-state index in [0.717, 1.165) is 45.4 Å². The van der Waals surface area contributed by atoms with Crippen LogP contribution in [0.1, 0.15) is 27.2 Å². The van der Waals surface area contributed by atoms with Gasteiger partial charge in [-0.3, -0.25) is 4.90 Å². The molecule has 4 unspecified atom stereocenters. The molecule has 4 atom stereocenters. The van der Waals surface area contributed by atoms with Crippen LogP contribution in [0.5, 0.6) is 0 Å². The highest BCUT2D eigenvalue weighted by atomic mass is 16.6. The largest absolute Gasteiger partial charge is 0.376 e. The summed E-state index contributed by atoms with van der Waals surface area (Å²) in [5.74, 6) is 0.739. The van der Waals surface area contributed by atoms with Crippen LogP contribution in [0, 0.1) is 5.92 Å². The molecule has 0 aromatic carbocycles. The molecular formula is C14H28N2O2. The molecule has 0 spiro atoms. The number of rotatable bonds is 4. The lowest BCUT2D eigenvalue weighted by Gasteiger charge is -2.42. The van der Waals surface area contributed by atoms with Crippen LogP contribution in [0.2, 0.25) is 0 Å². The average molecular weight is 256 g/mol. The predicted octanol–water partition coefficient (Wildman–Crippen LogP) is 1.11. The smallest absolute Gasteiger partial charge is 0.0936 e. The van der Waals surface area contributed by atoms with E-state index in [2.05, 4.69) is 31.0 Å². The van der Waals surface area contributed by atoms with E-state index in [1.54, 1.807) is 0 Å². The Balaban J connectivity index is 1.84. The van der Waals surface area contributed by atoms with E-state index in [-0.39, 0.29) is 6.10 Å². The number of hydrogen-bond acceptors (Lipinski definition) is 4. The Hall–Kier alpha value is -0.160. The standard InChI is InChI=1S/C14H28N2O2/c1-4-11(2)14-9-16(12(3)7-15-14)8-13-10-17-5-6-18-13/h11-15H,4-10H2,1-3H3. The summed E-state index contributed by atoms with van der Waals surface area (Å²) in [7, 11) is 0.